The quantitative estimate of drug-likeness (QED) is 0.744. The largest absolute Gasteiger partial charge is 0.342 e. The fraction of sp³-hybridized carbons (Fsp3) is 0.917. The summed E-state index contributed by atoms with van der Waals surface area (Å²) < 4.78 is 0. The zero-order valence-corrected chi connectivity index (χ0v) is 9.88. The Bertz CT molecular complexity index is 244. The van der Waals surface area contributed by atoms with Crippen LogP contribution in [0.4, 0.5) is 0 Å². The van der Waals surface area contributed by atoms with Crippen molar-refractivity contribution < 1.29 is 4.79 Å². The molecule has 2 saturated heterocycles. The number of nitrogens with zero attached hydrogens (tertiary/aromatic N) is 1. The van der Waals surface area contributed by atoms with Crippen molar-refractivity contribution in [1.29, 1.82) is 0 Å². The summed E-state index contributed by atoms with van der Waals surface area (Å²) in [5.74, 6) is 1.09. The second-order valence-corrected chi connectivity index (χ2v) is 5.58. The Balaban J connectivity index is 1.87. The fourth-order valence-corrected chi connectivity index (χ4v) is 2.60. The van der Waals surface area contributed by atoms with E-state index in [1.807, 2.05) is 0 Å². The maximum atomic E-state index is 12.0. The number of likely N-dealkylation sites (tertiary alicyclic amines) is 1. The van der Waals surface area contributed by atoms with Gasteiger partial charge >= 0.3 is 0 Å². The summed E-state index contributed by atoms with van der Waals surface area (Å²) in [5.41, 5.74) is -0.104. The van der Waals surface area contributed by atoms with E-state index < -0.39 is 0 Å². The molecular formula is C12H22N2O. The van der Waals surface area contributed by atoms with E-state index in [1.165, 1.54) is 12.8 Å². The summed E-state index contributed by atoms with van der Waals surface area (Å²) in [4.78, 5) is 14.1. The van der Waals surface area contributed by atoms with Gasteiger partial charge in [0.2, 0.25) is 5.91 Å². The van der Waals surface area contributed by atoms with E-state index in [0.717, 1.165) is 38.5 Å². The molecule has 0 aliphatic carbocycles. The molecule has 0 spiro atoms. The molecule has 2 aliphatic rings. The molecule has 2 fully saturated rings. The predicted octanol–water partition coefficient (Wildman–Crippen LogP) is 1.24. The minimum absolute atomic E-state index is 0.104. The first-order chi connectivity index (χ1) is 7.09. The highest BCUT2D eigenvalue weighted by Crippen LogP contribution is 2.31. The third-order valence-corrected chi connectivity index (χ3v) is 3.81. The van der Waals surface area contributed by atoms with Crippen molar-refractivity contribution in [1.82, 2.24) is 10.2 Å². The average molecular weight is 210 g/mol. The van der Waals surface area contributed by atoms with Gasteiger partial charge < -0.3 is 10.2 Å². The van der Waals surface area contributed by atoms with Crippen LogP contribution in [0.25, 0.3) is 0 Å². The molecule has 15 heavy (non-hydrogen) atoms. The van der Waals surface area contributed by atoms with Gasteiger partial charge in [-0.05, 0) is 38.3 Å². The smallest absolute Gasteiger partial charge is 0.228 e. The molecule has 0 saturated carbocycles. The van der Waals surface area contributed by atoms with E-state index in [2.05, 4.69) is 24.1 Å². The van der Waals surface area contributed by atoms with Crippen LogP contribution in [0.5, 0.6) is 0 Å². The topological polar surface area (TPSA) is 32.3 Å². The number of rotatable bonds is 2. The molecule has 2 rings (SSSR count). The van der Waals surface area contributed by atoms with Crippen LogP contribution in [-0.2, 0) is 4.79 Å². The van der Waals surface area contributed by atoms with E-state index in [4.69, 9.17) is 0 Å². The third kappa shape index (κ3) is 2.33. The number of piperidine rings is 1. The standard InChI is InChI=1S/C12H22N2O/c1-12(2)5-8-14(11(12)15)9-10-3-6-13-7-4-10/h10,13H,3-9H2,1-2H3. The van der Waals surface area contributed by atoms with E-state index in [9.17, 15) is 4.79 Å². The molecule has 0 aromatic heterocycles. The van der Waals surface area contributed by atoms with Crippen molar-refractivity contribution in [2.45, 2.75) is 33.1 Å². The predicted molar refractivity (Wildman–Crippen MR) is 60.6 cm³/mol. The zero-order chi connectivity index (χ0) is 10.9. The van der Waals surface area contributed by atoms with Crippen LogP contribution in [0.3, 0.4) is 0 Å². The summed E-state index contributed by atoms with van der Waals surface area (Å²) in [6.07, 6.45) is 3.48. The van der Waals surface area contributed by atoms with Gasteiger partial charge in [-0.2, -0.15) is 0 Å². The fourth-order valence-electron chi connectivity index (χ4n) is 2.60. The van der Waals surface area contributed by atoms with Crippen LogP contribution in [-0.4, -0.2) is 37.0 Å². The Morgan fingerprint density at radius 2 is 2.07 bits per heavy atom. The molecule has 2 heterocycles. The Morgan fingerprint density at radius 3 is 2.60 bits per heavy atom. The van der Waals surface area contributed by atoms with E-state index in [-0.39, 0.29) is 5.41 Å². The van der Waals surface area contributed by atoms with Crippen molar-refractivity contribution in [3.63, 3.8) is 0 Å². The lowest BCUT2D eigenvalue weighted by Crippen LogP contribution is -2.38. The van der Waals surface area contributed by atoms with Crippen molar-refractivity contribution in [2.75, 3.05) is 26.2 Å². The monoisotopic (exact) mass is 210 g/mol. The summed E-state index contributed by atoms with van der Waals surface area (Å²) in [7, 11) is 0. The zero-order valence-electron chi connectivity index (χ0n) is 9.88. The molecule has 1 N–H and O–H groups in total. The molecule has 3 heteroatoms. The number of carbonyl (C=O) groups excluding carboxylic acids is 1. The van der Waals surface area contributed by atoms with Crippen molar-refractivity contribution in [3.05, 3.63) is 0 Å². The van der Waals surface area contributed by atoms with Crippen molar-refractivity contribution in [3.8, 4) is 0 Å². The summed E-state index contributed by atoms with van der Waals surface area (Å²) in [6.45, 7) is 8.33. The van der Waals surface area contributed by atoms with Gasteiger partial charge in [0.1, 0.15) is 0 Å². The summed E-state index contributed by atoms with van der Waals surface area (Å²) in [5, 5.41) is 3.36. The number of carbonyl (C=O) groups is 1. The molecule has 0 aromatic carbocycles. The first kappa shape index (κ1) is 10.9. The molecule has 0 aromatic rings. The minimum Gasteiger partial charge on any atom is -0.342 e. The molecule has 3 nitrogen and oxygen atoms in total. The summed E-state index contributed by atoms with van der Waals surface area (Å²) in [6, 6.07) is 0. The molecule has 0 unspecified atom stereocenters. The van der Waals surface area contributed by atoms with Gasteiger partial charge in [-0.25, -0.2) is 0 Å². The Kier molecular flexibility index (Phi) is 3.01. The lowest BCUT2D eigenvalue weighted by molar-refractivity contribution is -0.135. The first-order valence-corrected chi connectivity index (χ1v) is 6.10. The van der Waals surface area contributed by atoms with Gasteiger partial charge in [0.15, 0.2) is 0 Å². The van der Waals surface area contributed by atoms with E-state index >= 15 is 0 Å². The lowest BCUT2D eigenvalue weighted by atomic mass is 9.92. The van der Waals surface area contributed by atoms with Gasteiger partial charge in [0.25, 0.3) is 0 Å². The maximum absolute atomic E-state index is 12.0. The highest BCUT2D eigenvalue weighted by Gasteiger charge is 2.39. The normalized spacial score (nSPS) is 27.3. The number of nitrogens with one attached hydrogen (secondary N) is 1. The molecule has 2 aliphatic heterocycles. The second-order valence-electron chi connectivity index (χ2n) is 5.58. The van der Waals surface area contributed by atoms with Gasteiger partial charge in [-0.1, -0.05) is 13.8 Å². The van der Waals surface area contributed by atoms with Gasteiger partial charge in [-0.3, -0.25) is 4.79 Å². The van der Waals surface area contributed by atoms with Crippen LogP contribution < -0.4 is 5.32 Å². The highest BCUT2D eigenvalue weighted by molar-refractivity contribution is 5.83. The lowest BCUT2D eigenvalue weighted by Gasteiger charge is -2.28. The SMILES string of the molecule is CC1(C)CCN(CC2CCNCC2)C1=O. The van der Waals surface area contributed by atoms with Gasteiger partial charge in [0, 0.05) is 18.5 Å². The molecule has 86 valence electrons. The number of hydrogen-bond acceptors (Lipinski definition) is 2. The van der Waals surface area contributed by atoms with Crippen LogP contribution in [0.1, 0.15) is 33.1 Å². The molecule has 0 radical (unpaired) electrons. The van der Waals surface area contributed by atoms with Crippen molar-refractivity contribution in [2.24, 2.45) is 11.3 Å². The Hall–Kier alpha value is -0.570. The Labute approximate surface area is 92.2 Å². The molecule has 0 atom stereocenters. The van der Waals surface area contributed by atoms with Crippen LogP contribution in [0.2, 0.25) is 0 Å². The third-order valence-electron chi connectivity index (χ3n) is 3.81. The number of hydrogen-bond donors (Lipinski definition) is 1. The highest BCUT2D eigenvalue weighted by atomic mass is 16.2. The first-order valence-electron chi connectivity index (χ1n) is 6.10. The summed E-state index contributed by atoms with van der Waals surface area (Å²) >= 11 is 0. The molecule has 0 bridgehead atoms. The van der Waals surface area contributed by atoms with Gasteiger partial charge in [0.05, 0.1) is 0 Å². The van der Waals surface area contributed by atoms with E-state index in [0.29, 0.717) is 5.91 Å². The van der Waals surface area contributed by atoms with Crippen LogP contribution >= 0.6 is 0 Å². The van der Waals surface area contributed by atoms with Gasteiger partial charge in [-0.15, -0.1) is 0 Å². The minimum atomic E-state index is -0.104. The average Bonchev–Trinajstić information content (AvgIpc) is 2.47. The molecule has 1 amide bonds. The molecular weight excluding hydrogens is 188 g/mol. The maximum Gasteiger partial charge on any atom is 0.228 e. The Morgan fingerprint density at radius 1 is 1.40 bits per heavy atom. The van der Waals surface area contributed by atoms with Crippen LogP contribution in [0, 0.1) is 11.3 Å². The second kappa shape index (κ2) is 4.12. The number of amides is 1. The van der Waals surface area contributed by atoms with E-state index in [1.54, 1.807) is 0 Å². The van der Waals surface area contributed by atoms with Crippen molar-refractivity contribution >= 4 is 5.91 Å². The van der Waals surface area contributed by atoms with Crippen LogP contribution in [0.15, 0.2) is 0 Å².